The second-order valence-corrected chi connectivity index (χ2v) is 4.81. The number of unbranched alkanes of at least 4 members (excludes halogenated alkanes) is 2. The minimum Gasteiger partial charge on any atom is -0.368 e. The molecular formula is C12H26N4O. The highest BCUT2D eigenvalue weighted by Crippen LogP contribution is 2.07. The molecule has 1 unspecified atom stereocenters. The first-order chi connectivity index (χ1) is 8.15. The normalized spacial score (nSPS) is 20.4. The molecule has 0 spiro atoms. The van der Waals surface area contributed by atoms with Gasteiger partial charge in [0.25, 0.3) is 0 Å². The maximum absolute atomic E-state index is 11.1. The molecule has 100 valence electrons. The standard InChI is InChI=1S/C12H26N4O/c1-11(12(14)17)16-9-7-15(8-10-16)6-4-2-3-5-13/h11H,2-10,13H2,1H3,(H2,14,17). The quantitative estimate of drug-likeness (QED) is 0.596. The zero-order valence-corrected chi connectivity index (χ0v) is 10.9. The van der Waals surface area contributed by atoms with E-state index < -0.39 is 0 Å². The van der Waals surface area contributed by atoms with Crippen molar-refractivity contribution in [1.29, 1.82) is 0 Å². The zero-order valence-electron chi connectivity index (χ0n) is 10.9. The van der Waals surface area contributed by atoms with Crippen molar-refractivity contribution in [3.63, 3.8) is 0 Å². The van der Waals surface area contributed by atoms with Crippen molar-refractivity contribution in [1.82, 2.24) is 9.80 Å². The number of piperazine rings is 1. The molecule has 5 heteroatoms. The molecule has 0 aromatic heterocycles. The fourth-order valence-corrected chi connectivity index (χ4v) is 2.21. The monoisotopic (exact) mass is 242 g/mol. The maximum atomic E-state index is 11.1. The number of hydrogen-bond donors (Lipinski definition) is 2. The Hall–Kier alpha value is -0.650. The van der Waals surface area contributed by atoms with Crippen molar-refractivity contribution >= 4 is 5.91 Å². The first kappa shape index (κ1) is 14.4. The lowest BCUT2D eigenvalue weighted by molar-refractivity contribution is -0.123. The van der Waals surface area contributed by atoms with Crippen molar-refractivity contribution in [2.24, 2.45) is 11.5 Å². The summed E-state index contributed by atoms with van der Waals surface area (Å²) in [4.78, 5) is 15.7. The van der Waals surface area contributed by atoms with Crippen LogP contribution in [0.25, 0.3) is 0 Å². The van der Waals surface area contributed by atoms with E-state index in [9.17, 15) is 4.79 Å². The number of nitrogens with two attached hydrogens (primary N) is 2. The lowest BCUT2D eigenvalue weighted by Crippen LogP contribution is -2.53. The number of primary amides is 1. The van der Waals surface area contributed by atoms with Gasteiger partial charge in [0.05, 0.1) is 6.04 Å². The second kappa shape index (κ2) is 7.63. The van der Waals surface area contributed by atoms with E-state index in [-0.39, 0.29) is 11.9 Å². The van der Waals surface area contributed by atoms with Gasteiger partial charge in [0.1, 0.15) is 0 Å². The first-order valence-electron chi connectivity index (χ1n) is 6.61. The van der Waals surface area contributed by atoms with Gasteiger partial charge >= 0.3 is 0 Å². The van der Waals surface area contributed by atoms with E-state index in [4.69, 9.17) is 11.5 Å². The largest absolute Gasteiger partial charge is 0.368 e. The van der Waals surface area contributed by atoms with Gasteiger partial charge in [-0.3, -0.25) is 9.69 Å². The van der Waals surface area contributed by atoms with Crippen LogP contribution in [0.15, 0.2) is 0 Å². The molecule has 0 saturated carbocycles. The third-order valence-corrected chi connectivity index (χ3v) is 3.54. The van der Waals surface area contributed by atoms with Crippen LogP contribution in [0, 0.1) is 0 Å². The van der Waals surface area contributed by atoms with Crippen molar-refractivity contribution < 1.29 is 4.79 Å². The van der Waals surface area contributed by atoms with Crippen molar-refractivity contribution in [3.8, 4) is 0 Å². The van der Waals surface area contributed by atoms with Crippen LogP contribution in [0.3, 0.4) is 0 Å². The Kier molecular flexibility index (Phi) is 6.47. The summed E-state index contributed by atoms with van der Waals surface area (Å²) in [5.41, 5.74) is 10.8. The first-order valence-corrected chi connectivity index (χ1v) is 6.61. The summed E-state index contributed by atoms with van der Waals surface area (Å²) in [5, 5.41) is 0. The Labute approximate surface area is 104 Å². The average Bonchev–Trinajstić information content (AvgIpc) is 2.34. The summed E-state index contributed by atoms with van der Waals surface area (Å²) in [6, 6.07) is -0.130. The van der Waals surface area contributed by atoms with Gasteiger partial charge in [-0.1, -0.05) is 6.42 Å². The highest BCUT2D eigenvalue weighted by molar-refractivity contribution is 5.79. The highest BCUT2D eigenvalue weighted by atomic mass is 16.1. The third-order valence-electron chi connectivity index (χ3n) is 3.54. The fourth-order valence-electron chi connectivity index (χ4n) is 2.21. The molecule has 1 aliphatic rings. The molecule has 1 rings (SSSR count). The molecule has 1 fully saturated rings. The van der Waals surface area contributed by atoms with Gasteiger partial charge in [-0.15, -0.1) is 0 Å². The molecule has 0 radical (unpaired) electrons. The molecule has 1 heterocycles. The van der Waals surface area contributed by atoms with E-state index in [0.29, 0.717) is 0 Å². The lowest BCUT2D eigenvalue weighted by Gasteiger charge is -2.36. The summed E-state index contributed by atoms with van der Waals surface area (Å²) >= 11 is 0. The number of amides is 1. The van der Waals surface area contributed by atoms with Gasteiger partial charge in [0.2, 0.25) is 5.91 Å². The Bertz CT molecular complexity index is 227. The molecular weight excluding hydrogens is 216 g/mol. The van der Waals surface area contributed by atoms with Crippen LogP contribution in [0.4, 0.5) is 0 Å². The van der Waals surface area contributed by atoms with E-state index in [0.717, 1.165) is 45.7 Å². The van der Waals surface area contributed by atoms with Crippen LogP contribution in [-0.2, 0) is 4.79 Å². The predicted molar refractivity (Wildman–Crippen MR) is 69.6 cm³/mol. The number of hydrogen-bond acceptors (Lipinski definition) is 4. The minimum atomic E-state index is -0.221. The second-order valence-electron chi connectivity index (χ2n) is 4.81. The average molecular weight is 242 g/mol. The Morgan fingerprint density at radius 2 is 1.82 bits per heavy atom. The fraction of sp³-hybridized carbons (Fsp3) is 0.917. The molecule has 0 aliphatic carbocycles. The van der Waals surface area contributed by atoms with Crippen LogP contribution in [0.1, 0.15) is 26.2 Å². The van der Waals surface area contributed by atoms with Gasteiger partial charge in [0.15, 0.2) is 0 Å². The number of nitrogens with zero attached hydrogens (tertiary/aromatic N) is 2. The smallest absolute Gasteiger partial charge is 0.234 e. The van der Waals surface area contributed by atoms with Gasteiger partial charge in [-0.05, 0) is 32.9 Å². The Balaban J connectivity index is 2.15. The predicted octanol–water partition coefficient (Wildman–Crippen LogP) is -0.393. The molecule has 1 saturated heterocycles. The molecule has 1 aliphatic heterocycles. The molecule has 17 heavy (non-hydrogen) atoms. The van der Waals surface area contributed by atoms with E-state index in [1.165, 1.54) is 12.8 Å². The van der Waals surface area contributed by atoms with E-state index in [1.54, 1.807) is 0 Å². The zero-order chi connectivity index (χ0) is 12.7. The Morgan fingerprint density at radius 3 is 2.35 bits per heavy atom. The third kappa shape index (κ3) is 5.02. The van der Waals surface area contributed by atoms with Crippen LogP contribution in [0.2, 0.25) is 0 Å². The summed E-state index contributed by atoms with van der Waals surface area (Å²) in [5.74, 6) is -0.221. The number of carbonyl (C=O) groups is 1. The van der Waals surface area contributed by atoms with E-state index >= 15 is 0 Å². The van der Waals surface area contributed by atoms with Gasteiger partial charge in [-0.25, -0.2) is 0 Å². The van der Waals surface area contributed by atoms with Crippen LogP contribution in [0.5, 0.6) is 0 Å². The van der Waals surface area contributed by atoms with E-state index in [2.05, 4.69) is 9.80 Å². The summed E-state index contributed by atoms with van der Waals surface area (Å²) < 4.78 is 0. The molecule has 1 amide bonds. The maximum Gasteiger partial charge on any atom is 0.234 e. The van der Waals surface area contributed by atoms with Gasteiger partial charge in [-0.2, -0.15) is 0 Å². The molecule has 4 N–H and O–H groups in total. The topological polar surface area (TPSA) is 75.6 Å². The molecule has 5 nitrogen and oxygen atoms in total. The number of rotatable bonds is 7. The molecule has 1 atom stereocenters. The van der Waals surface area contributed by atoms with Gasteiger partial charge in [0, 0.05) is 26.2 Å². The molecule has 0 bridgehead atoms. The lowest BCUT2D eigenvalue weighted by atomic mass is 10.2. The summed E-state index contributed by atoms with van der Waals surface area (Å²) in [6.45, 7) is 7.81. The van der Waals surface area contributed by atoms with Crippen molar-refractivity contribution in [2.75, 3.05) is 39.3 Å². The van der Waals surface area contributed by atoms with Gasteiger partial charge < -0.3 is 16.4 Å². The SMILES string of the molecule is CC(C(N)=O)N1CCN(CCCCCN)CC1. The molecule has 0 aromatic carbocycles. The van der Waals surface area contributed by atoms with Crippen molar-refractivity contribution in [2.45, 2.75) is 32.2 Å². The number of carbonyl (C=O) groups excluding carboxylic acids is 1. The highest BCUT2D eigenvalue weighted by Gasteiger charge is 2.23. The van der Waals surface area contributed by atoms with Crippen LogP contribution in [-0.4, -0.2) is 61.0 Å². The summed E-state index contributed by atoms with van der Waals surface area (Å²) in [6.07, 6.45) is 3.57. The summed E-state index contributed by atoms with van der Waals surface area (Å²) in [7, 11) is 0. The molecule has 0 aromatic rings. The Morgan fingerprint density at radius 1 is 1.18 bits per heavy atom. The van der Waals surface area contributed by atoms with Crippen molar-refractivity contribution in [3.05, 3.63) is 0 Å². The van der Waals surface area contributed by atoms with Crippen LogP contribution >= 0.6 is 0 Å². The van der Waals surface area contributed by atoms with Crippen LogP contribution < -0.4 is 11.5 Å². The minimum absolute atomic E-state index is 0.130. The van der Waals surface area contributed by atoms with E-state index in [1.807, 2.05) is 6.92 Å².